The summed E-state index contributed by atoms with van der Waals surface area (Å²) < 4.78 is 19.8. The van der Waals surface area contributed by atoms with Crippen LogP contribution in [0.5, 0.6) is 0 Å². The fourth-order valence-electron chi connectivity index (χ4n) is 0.926. The van der Waals surface area contributed by atoms with E-state index in [4.69, 9.17) is 12.3 Å². The molecule has 0 aliphatic rings. The molecule has 1 N–H and O–H groups in total. The molecule has 16 heavy (non-hydrogen) atoms. The quantitative estimate of drug-likeness (QED) is 0.297. The molecule has 0 unspecified atom stereocenters. The Bertz CT molecular complexity index is 196. The Morgan fingerprint density at radius 1 is 1.06 bits per heavy atom. The summed E-state index contributed by atoms with van der Waals surface area (Å²) in [5.74, 6) is 0. The van der Waals surface area contributed by atoms with Crippen molar-refractivity contribution in [2.45, 2.75) is 24.4 Å². The SMILES string of the molecule is O=C[C@H](OI)[C@@H](OI)[C@H](OI)[C@H](O)COI. The Labute approximate surface area is 149 Å². The summed E-state index contributed by atoms with van der Waals surface area (Å²) in [6, 6.07) is 0. The number of hydrogen-bond donors (Lipinski definition) is 1. The van der Waals surface area contributed by atoms with Crippen molar-refractivity contribution in [3.8, 4) is 0 Å². The molecule has 0 saturated heterocycles. The molecule has 0 saturated carbocycles. The van der Waals surface area contributed by atoms with E-state index >= 15 is 0 Å². The first kappa shape index (κ1) is 18.4. The second-order valence-electron chi connectivity index (χ2n) is 2.64. The van der Waals surface area contributed by atoms with Crippen LogP contribution in [0.4, 0.5) is 0 Å². The molecule has 0 aromatic carbocycles. The molecule has 0 radical (unpaired) electrons. The van der Waals surface area contributed by atoms with Crippen molar-refractivity contribution in [2.24, 2.45) is 0 Å². The minimum atomic E-state index is -0.914. The summed E-state index contributed by atoms with van der Waals surface area (Å²) in [6.45, 7) is 0.0670. The molecule has 0 aromatic rings. The standard InChI is InChI=1S/C6H8I4O6/c7-13-2-3(12)5(15-9)6(16-10)4(1-11)14-8/h1,3-6,12H,2H2/t3-,4+,5-,6-/m1/s1. The smallest absolute Gasteiger partial charge is 0.155 e. The van der Waals surface area contributed by atoms with Crippen LogP contribution >= 0.6 is 92.0 Å². The fourth-order valence-corrected chi connectivity index (χ4v) is 2.91. The Hall–Kier alpha value is 2.39. The Morgan fingerprint density at radius 2 is 1.62 bits per heavy atom. The highest BCUT2D eigenvalue weighted by Gasteiger charge is 2.36. The normalized spacial score (nSPS) is 18.8. The first-order valence-corrected chi connectivity index (χ1v) is 7.37. The molecule has 0 fully saturated rings. The van der Waals surface area contributed by atoms with E-state index in [1.54, 1.807) is 92.0 Å². The maximum Gasteiger partial charge on any atom is 0.155 e. The van der Waals surface area contributed by atoms with Crippen molar-refractivity contribution < 1.29 is 22.2 Å². The zero-order chi connectivity index (χ0) is 12.6. The van der Waals surface area contributed by atoms with Gasteiger partial charge in [-0.25, -0.2) is 0 Å². The number of carbonyl (C=O) groups is 1. The van der Waals surface area contributed by atoms with Crippen LogP contribution in [0.15, 0.2) is 0 Å². The van der Waals surface area contributed by atoms with Crippen LogP contribution in [0.25, 0.3) is 0 Å². The zero-order valence-corrected chi connectivity index (χ0v) is 16.2. The summed E-state index contributed by atoms with van der Waals surface area (Å²) in [4.78, 5) is 10.8. The molecular formula is C6H8I4O6. The van der Waals surface area contributed by atoms with Gasteiger partial charge in [0.2, 0.25) is 0 Å². The molecule has 0 bridgehead atoms. The summed E-state index contributed by atoms with van der Waals surface area (Å²) >= 11 is 6.52. The van der Waals surface area contributed by atoms with Gasteiger partial charge in [0, 0.05) is 0 Å². The number of aliphatic hydroxyl groups excluding tert-OH is 1. The van der Waals surface area contributed by atoms with Crippen LogP contribution in [-0.4, -0.2) is 42.4 Å². The van der Waals surface area contributed by atoms with Crippen LogP contribution in [0.3, 0.4) is 0 Å². The average molecular weight is 684 g/mol. The lowest BCUT2D eigenvalue weighted by Gasteiger charge is -2.28. The third kappa shape index (κ3) is 6.02. The molecule has 0 spiro atoms. The zero-order valence-electron chi connectivity index (χ0n) is 7.59. The van der Waals surface area contributed by atoms with Crippen LogP contribution in [-0.2, 0) is 17.1 Å². The van der Waals surface area contributed by atoms with Crippen LogP contribution < -0.4 is 0 Å². The van der Waals surface area contributed by atoms with Crippen LogP contribution in [0.2, 0.25) is 0 Å². The molecule has 10 heteroatoms. The molecule has 0 heterocycles. The van der Waals surface area contributed by atoms with Gasteiger partial charge in [-0.1, -0.05) is 0 Å². The highest BCUT2D eigenvalue weighted by molar-refractivity contribution is 14.1. The predicted molar refractivity (Wildman–Crippen MR) is 88.7 cm³/mol. The van der Waals surface area contributed by atoms with Gasteiger partial charge in [-0.2, -0.15) is 0 Å². The van der Waals surface area contributed by atoms with Gasteiger partial charge in [0.1, 0.15) is 110 Å². The molecular weight excluding hydrogens is 676 g/mol. The summed E-state index contributed by atoms with van der Waals surface area (Å²) in [5, 5.41) is 9.73. The first-order chi connectivity index (χ1) is 7.65. The Kier molecular flexibility index (Phi) is 12.9. The largest absolute Gasteiger partial charge is 0.388 e. The monoisotopic (exact) mass is 684 g/mol. The molecule has 4 atom stereocenters. The second kappa shape index (κ2) is 11.2. The molecule has 6 nitrogen and oxygen atoms in total. The van der Waals surface area contributed by atoms with E-state index in [9.17, 15) is 9.90 Å². The van der Waals surface area contributed by atoms with Gasteiger partial charge in [-0.3, -0.25) is 0 Å². The number of aliphatic hydroxyl groups is 1. The lowest BCUT2D eigenvalue weighted by molar-refractivity contribution is -0.119. The van der Waals surface area contributed by atoms with Crippen LogP contribution in [0.1, 0.15) is 0 Å². The third-order valence-corrected chi connectivity index (χ3v) is 3.82. The summed E-state index contributed by atoms with van der Waals surface area (Å²) in [5.41, 5.74) is 0. The van der Waals surface area contributed by atoms with Gasteiger partial charge < -0.3 is 22.2 Å². The highest BCUT2D eigenvalue weighted by Crippen LogP contribution is 2.21. The van der Waals surface area contributed by atoms with Gasteiger partial charge in [-0.15, -0.1) is 0 Å². The predicted octanol–water partition coefficient (Wildman–Crippen LogP) is 2.12. The lowest BCUT2D eigenvalue weighted by Crippen LogP contribution is -2.47. The van der Waals surface area contributed by atoms with Crippen LogP contribution in [0, 0.1) is 0 Å². The maximum absolute atomic E-state index is 10.8. The molecule has 0 rings (SSSR count). The Balaban J connectivity index is 4.65. The van der Waals surface area contributed by atoms with Gasteiger partial charge in [0.15, 0.2) is 12.4 Å². The van der Waals surface area contributed by atoms with Crippen molar-refractivity contribution in [1.82, 2.24) is 0 Å². The van der Waals surface area contributed by atoms with Crippen molar-refractivity contribution >= 4 is 98.3 Å². The molecule has 0 aliphatic carbocycles. The van der Waals surface area contributed by atoms with Crippen molar-refractivity contribution in [3.63, 3.8) is 0 Å². The van der Waals surface area contributed by atoms with Gasteiger partial charge in [0.05, 0.1) is 6.61 Å². The summed E-state index contributed by atoms with van der Waals surface area (Å²) in [6.07, 6.45) is -2.58. The number of halogens is 4. The van der Waals surface area contributed by atoms with Gasteiger partial charge >= 0.3 is 0 Å². The average Bonchev–Trinajstić information content (AvgIpc) is 2.29. The highest BCUT2D eigenvalue weighted by atomic mass is 127. The third-order valence-electron chi connectivity index (χ3n) is 1.70. The number of hydrogen-bond acceptors (Lipinski definition) is 6. The summed E-state index contributed by atoms with van der Waals surface area (Å²) in [7, 11) is 0. The minimum Gasteiger partial charge on any atom is -0.388 e. The number of rotatable bonds is 9. The molecule has 0 amide bonds. The molecule has 96 valence electrons. The fraction of sp³-hybridized carbons (Fsp3) is 0.833. The number of aldehydes is 1. The number of carbonyl (C=O) groups excluding carboxylic acids is 1. The van der Waals surface area contributed by atoms with E-state index in [1.165, 1.54) is 0 Å². The topological polar surface area (TPSA) is 74.2 Å². The lowest BCUT2D eigenvalue weighted by atomic mass is 10.0. The van der Waals surface area contributed by atoms with Gasteiger partial charge in [-0.05, 0) is 0 Å². The second-order valence-corrected chi connectivity index (χ2v) is 4.79. The van der Waals surface area contributed by atoms with E-state index < -0.39 is 24.4 Å². The van der Waals surface area contributed by atoms with E-state index in [1.807, 2.05) is 0 Å². The minimum absolute atomic E-state index is 0.0670. The molecule has 0 aliphatic heterocycles. The first-order valence-electron chi connectivity index (χ1n) is 3.85. The van der Waals surface area contributed by atoms with Gasteiger partial charge in [0.25, 0.3) is 0 Å². The van der Waals surface area contributed by atoms with Crippen molar-refractivity contribution in [1.29, 1.82) is 0 Å². The maximum atomic E-state index is 10.8. The Morgan fingerprint density at radius 3 is 1.94 bits per heavy atom. The van der Waals surface area contributed by atoms with E-state index in [0.29, 0.717) is 6.29 Å². The van der Waals surface area contributed by atoms with E-state index in [0.717, 1.165) is 0 Å². The van der Waals surface area contributed by atoms with Crippen molar-refractivity contribution in [3.05, 3.63) is 0 Å². The van der Waals surface area contributed by atoms with E-state index in [-0.39, 0.29) is 6.61 Å². The van der Waals surface area contributed by atoms with E-state index in [2.05, 4.69) is 0 Å². The molecule has 0 aromatic heterocycles. The van der Waals surface area contributed by atoms with Crippen molar-refractivity contribution in [2.75, 3.05) is 6.61 Å².